The van der Waals surface area contributed by atoms with E-state index < -0.39 is 11.1 Å². The molecule has 0 N–H and O–H groups in total. The Kier molecular flexibility index (Phi) is 3.73. The highest BCUT2D eigenvalue weighted by Gasteiger charge is 1.89. The van der Waals surface area contributed by atoms with Gasteiger partial charge in [0, 0.05) is 5.75 Å². The van der Waals surface area contributed by atoms with Gasteiger partial charge in [-0.3, -0.25) is 4.21 Å². The van der Waals surface area contributed by atoms with E-state index in [1.165, 1.54) is 0 Å². The second-order valence-corrected chi connectivity index (χ2v) is 3.12. The molecular formula is C6H11O2S-. The standard InChI is InChI=1S/C6H12O2S/c1-5(2)6(3)4-9(7)8/h4H2,1-3H3,(H,7,8)/p-1. The van der Waals surface area contributed by atoms with Gasteiger partial charge >= 0.3 is 0 Å². The first kappa shape index (κ1) is 8.85. The van der Waals surface area contributed by atoms with Crippen LogP contribution in [0.25, 0.3) is 0 Å². The van der Waals surface area contributed by atoms with Crippen LogP contribution >= 0.6 is 0 Å². The molecule has 0 bridgehead atoms. The van der Waals surface area contributed by atoms with E-state index in [-0.39, 0.29) is 5.75 Å². The normalized spacial score (nSPS) is 12.9. The molecule has 0 amide bonds. The lowest BCUT2D eigenvalue weighted by Gasteiger charge is -2.05. The molecule has 3 heteroatoms. The van der Waals surface area contributed by atoms with Gasteiger partial charge in [-0.1, -0.05) is 22.2 Å². The van der Waals surface area contributed by atoms with E-state index >= 15 is 0 Å². The zero-order chi connectivity index (χ0) is 7.44. The minimum absolute atomic E-state index is 0.169. The molecular weight excluding hydrogens is 136 g/mol. The van der Waals surface area contributed by atoms with Gasteiger partial charge in [0.05, 0.1) is 0 Å². The van der Waals surface area contributed by atoms with Crippen LogP contribution in [0.1, 0.15) is 20.8 Å². The third kappa shape index (κ3) is 4.36. The van der Waals surface area contributed by atoms with E-state index in [1.807, 2.05) is 20.8 Å². The Morgan fingerprint density at radius 1 is 1.44 bits per heavy atom. The van der Waals surface area contributed by atoms with E-state index in [0.717, 1.165) is 11.1 Å². The van der Waals surface area contributed by atoms with Gasteiger partial charge in [-0.15, -0.1) is 0 Å². The molecule has 0 aromatic carbocycles. The Balaban J connectivity index is 3.92. The molecule has 2 nitrogen and oxygen atoms in total. The van der Waals surface area contributed by atoms with Crippen LogP contribution in [0.5, 0.6) is 0 Å². The fourth-order valence-electron chi connectivity index (χ4n) is 0.321. The maximum absolute atomic E-state index is 10.1. The van der Waals surface area contributed by atoms with Crippen LogP contribution in [-0.2, 0) is 11.1 Å². The van der Waals surface area contributed by atoms with Gasteiger partial charge in [-0.05, 0) is 20.8 Å². The Morgan fingerprint density at radius 3 is 2.00 bits per heavy atom. The van der Waals surface area contributed by atoms with Gasteiger partial charge in [0.15, 0.2) is 0 Å². The van der Waals surface area contributed by atoms with Crippen molar-refractivity contribution in [2.75, 3.05) is 5.75 Å². The van der Waals surface area contributed by atoms with Crippen LogP contribution in [0.2, 0.25) is 0 Å². The molecule has 54 valence electrons. The zero-order valence-electron chi connectivity index (χ0n) is 5.93. The van der Waals surface area contributed by atoms with Gasteiger partial charge in [0.2, 0.25) is 0 Å². The molecule has 9 heavy (non-hydrogen) atoms. The number of hydrogen-bond donors (Lipinski definition) is 0. The third-order valence-electron chi connectivity index (χ3n) is 1.19. The summed E-state index contributed by atoms with van der Waals surface area (Å²) < 4.78 is 20.2. The fraction of sp³-hybridized carbons (Fsp3) is 0.667. The average Bonchev–Trinajstić information content (AvgIpc) is 1.63. The smallest absolute Gasteiger partial charge is 0.0311 e. The van der Waals surface area contributed by atoms with Crippen molar-refractivity contribution >= 4 is 11.1 Å². The highest BCUT2D eigenvalue weighted by atomic mass is 32.2. The summed E-state index contributed by atoms with van der Waals surface area (Å²) in [5, 5.41) is 0. The molecule has 1 unspecified atom stereocenters. The van der Waals surface area contributed by atoms with Crippen LogP contribution < -0.4 is 0 Å². The summed E-state index contributed by atoms with van der Waals surface area (Å²) in [5.41, 5.74) is 2.02. The third-order valence-corrected chi connectivity index (χ3v) is 1.86. The molecule has 0 aromatic heterocycles. The highest BCUT2D eigenvalue weighted by molar-refractivity contribution is 7.79. The summed E-state index contributed by atoms with van der Waals surface area (Å²) in [6.45, 7) is 5.63. The largest absolute Gasteiger partial charge is 0.772 e. The first-order chi connectivity index (χ1) is 4.04. The van der Waals surface area contributed by atoms with Gasteiger partial charge in [0.25, 0.3) is 0 Å². The topological polar surface area (TPSA) is 40.1 Å². The summed E-state index contributed by atoms with van der Waals surface area (Å²) in [6.07, 6.45) is 0. The monoisotopic (exact) mass is 147 g/mol. The van der Waals surface area contributed by atoms with Gasteiger partial charge < -0.3 is 4.55 Å². The van der Waals surface area contributed by atoms with Crippen molar-refractivity contribution in [1.29, 1.82) is 0 Å². The predicted octanol–water partition coefficient (Wildman–Crippen LogP) is 1.22. The molecule has 0 rings (SSSR count). The van der Waals surface area contributed by atoms with Crippen molar-refractivity contribution in [2.45, 2.75) is 20.8 Å². The Morgan fingerprint density at radius 2 is 1.89 bits per heavy atom. The molecule has 0 radical (unpaired) electrons. The van der Waals surface area contributed by atoms with E-state index in [4.69, 9.17) is 0 Å². The molecule has 0 fully saturated rings. The minimum Gasteiger partial charge on any atom is -0.772 e. The van der Waals surface area contributed by atoms with E-state index in [9.17, 15) is 8.76 Å². The molecule has 0 heterocycles. The summed E-state index contributed by atoms with van der Waals surface area (Å²) in [5.74, 6) is 0.169. The van der Waals surface area contributed by atoms with Gasteiger partial charge in [-0.25, -0.2) is 0 Å². The van der Waals surface area contributed by atoms with Crippen molar-refractivity contribution in [2.24, 2.45) is 0 Å². The first-order valence-corrected chi connectivity index (χ1v) is 3.97. The van der Waals surface area contributed by atoms with Crippen LogP contribution in [0.15, 0.2) is 11.1 Å². The van der Waals surface area contributed by atoms with Crippen molar-refractivity contribution in [3.63, 3.8) is 0 Å². The van der Waals surface area contributed by atoms with Crippen LogP contribution in [0.3, 0.4) is 0 Å². The fourth-order valence-corrected chi connectivity index (χ4v) is 0.963. The van der Waals surface area contributed by atoms with Gasteiger partial charge in [0.1, 0.15) is 0 Å². The summed E-state index contributed by atoms with van der Waals surface area (Å²) in [6, 6.07) is 0. The van der Waals surface area contributed by atoms with Crippen LogP contribution in [0, 0.1) is 0 Å². The molecule has 0 aliphatic heterocycles. The molecule has 0 aliphatic carbocycles. The Bertz CT molecular complexity index is 145. The van der Waals surface area contributed by atoms with Crippen molar-refractivity contribution in [3.8, 4) is 0 Å². The minimum atomic E-state index is -1.92. The number of hydrogen-bond acceptors (Lipinski definition) is 2. The predicted molar refractivity (Wildman–Crippen MR) is 37.8 cm³/mol. The maximum Gasteiger partial charge on any atom is 0.0311 e. The Labute approximate surface area is 58.3 Å². The number of rotatable bonds is 2. The van der Waals surface area contributed by atoms with E-state index in [2.05, 4.69) is 0 Å². The lowest BCUT2D eigenvalue weighted by molar-refractivity contribution is 0.539. The van der Waals surface area contributed by atoms with Crippen molar-refractivity contribution in [1.82, 2.24) is 0 Å². The lowest BCUT2D eigenvalue weighted by Crippen LogP contribution is -1.97. The highest BCUT2D eigenvalue weighted by Crippen LogP contribution is 2.01. The molecule has 1 atom stereocenters. The number of allylic oxidation sites excluding steroid dienone is 1. The second kappa shape index (κ2) is 3.80. The van der Waals surface area contributed by atoms with E-state index in [0.29, 0.717) is 0 Å². The van der Waals surface area contributed by atoms with Crippen LogP contribution in [-0.4, -0.2) is 14.5 Å². The lowest BCUT2D eigenvalue weighted by atomic mass is 10.2. The molecule has 0 aliphatic rings. The van der Waals surface area contributed by atoms with Crippen molar-refractivity contribution < 1.29 is 8.76 Å². The Hall–Kier alpha value is -0.150. The van der Waals surface area contributed by atoms with Crippen molar-refractivity contribution in [3.05, 3.63) is 11.1 Å². The summed E-state index contributed by atoms with van der Waals surface area (Å²) >= 11 is -1.92. The molecule has 0 spiro atoms. The quantitative estimate of drug-likeness (QED) is 0.435. The zero-order valence-corrected chi connectivity index (χ0v) is 6.75. The van der Waals surface area contributed by atoms with E-state index in [1.54, 1.807) is 0 Å². The second-order valence-electron chi connectivity index (χ2n) is 2.23. The summed E-state index contributed by atoms with van der Waals surface area (Å²) in [7, 11) is 0. The first-order valence-electron chi connectivity index (χ1n) is 2.73. The molecule has 0 saturated carbocycles. The summed E-state index contributed by atoms with van der Waals surface area (Å²) in [4.78, 5) is 0. The maximum atomic E-state index is 10.1. The average molecular weight is 147 g/mol. The van der Waals surface area contributed by atoms with Crippen LogP contribution in [0.4, 0.5) is 0 Å². The SMILES string of the molecule is CC(C)=C(C)CS(=O)[O-]. The van der Waals surface area contributed by atoms with Gasteiger partial charge in [-0.2, -0.15) is 0 Å². The molecule has 0 aromatic rings. The molecule has 0 saturated heterocycles.